The molecular formula is C11H11N2O2. The van der Waals surface area contributed by atoms with Crippen molar-refractivity contribution in [2.45, 2.75) is 12.3 Å². The Labute approximate surface area is 87.7 Å². The summed E-state index contributed by atoms with van der Waals surface area (Å²) in [5.74, 6) is 0.208. The molecule has 4 heteroatoms. The van der Waals surface area contributed by atoms with Crippen LogP contribution in [0.2, 0.25) is 0 Å². The number of nitrogens with one attached hydrogen (secondary N) is 2. The van der Waals surface area contributed by atoms with E-state index >= 15 is 0 Å². The molecule has 2 rings (SSSR count). The second kappa shape index (κ2) is 4.13. The van der Waals surface area contributed by atoms with Gasteiger partial charge in [-0.2, -0.15) is 0 Å². The molecule has 1 atom stereocenters. The van der Waals surface area contributed by atoms with Crippen LogP contribution >= 0.6 is 0 Å². The largest absolute Gasteiger partial charge is 0.355 e. The van der Waals surface area contributed by atoms with E-state index in [0.29, 0.717) is 13.0 Å². The Hall–Kier alpha value is -1.84. The summed E-state index contributed by atoms with van der Waals surface area (Å²) in [7, 11) is 0. The number of hydrogen-bond donors (Lipinski definition) is 2. The number of benzene rings is 1. The molecule has 1 aliphatic heterocycles. The number of rotatable bonds is 3. The van der Waals surface area contributed by atoms with Gasteiger partial charge < -0.3 is 10.6 Å². The van der Waals surface area contributed by atoms with Crippen molar-refractivity contribution in [1.29, 1.82) is 0 Å². The van der Waals surface area contributed by atoms with E-state index in [0.717, 1.165) is 11.3 Å². The van der Waals surface area contributed by atoms with E-state index in [1.165, 1.54) is 0 Å². The van der Waals surface area contributed by atoms with Gasteiger partial charge in [-0.25, -0.2) is 0 Å². The van der Waals surface area contributed by atoms with Gasteiger partial charge in [0.25, 0.3) is 0 Å². The second-order valence-corrected chi connectivity index (χ2v) is 3.52. The number of amides is 2. The lowest BCUT2D eigenvalue weighted by atomic mass is 9.96. The van der Waals surface area contributed by atoms with Crippen molar-refractivity contribution in [2.24, 2.45) is 0 Å². The summed E-state index contributed by atoms with van der Waals surface area (Å²) < 4.78 is 0. The van der Waals surface area contributed by atoms with Gasteiger partial charge in [0, 0.05) is 24.6 Å². The summed E-state index contributed by atoms with van der Waals surface area (Å²) in [6.45, 7) is 0.635. The third-order valence-electron chi connectivity index (χ3n) is 2.56. The van der Waals surface area contributed by atoms with Gasteiger partial charge in [-0.05, 0) is 11.6 Å². The lowest BCUT2D eigenvalue weighted by molar-refractivity contribution is -0.119. The van der Waals surface area contributed by atoms with Gasteiger partial charge >= 0.3 is 6.41 Å². The Morgan fingerprint density at radius 1 is 1.40 bits per heavy atom. The first-order valence-electron chi connectivity index (χ1n) is 4.80. The van der Waals surface area contributed by atoms with E-state index in [9.17, 15) is 9.59 Å². The minimum absolute atomic E-state index is 0.0601. The molecule has 0 saturated carbocycles. The van der Waals surface area contributed by atoms with Crippen molar-refractivity contribution >= 4 is 18.0 Å². The molecule has 1 unspecified atom stereocenters. The highest BCUT2D eigenvalue weighted by molar-refractivity contribution is 5.81. The van der Waals surface area contributed by atoms with Gasteiger partial charge in [-0.3, -0.25) is 9.59 Å². The topological polar surface area (TPSA) is 58.2 Å². The van der Waals surface area contributed by atoms with Gasteiger partial charge in [0.1, 0.15) is 0 Å². The third-order valence-corrected chi connectivity index (χ3v) is 2.56. The first kappa shape index (κ1) is 9.71. The van der Waals surface area contributed by atoms with Crippen LogP contribution in [0.25, 0.3) is 0 Å². The van der Waals surface area contributed by atoms with Crippen molar-refractivity contribution in [3.05, 3.63) is 29.8 Å². The van der Waals surface area contributed by atoms with E-state index in [1.807, 2.05) is 24.3 Å². The monoisotopic (exact) mass is 203 g/mol. The molecule has 77 valence electrons. The molecule has 2 N–H and O–H groups in total. The lowest BCUT2D eigenvalue weighted by Crippen LogP contribution is -2.13. The molecule has 0 bridgehead atoms. The van der Waals surface area contributed by atoms with Crippen molar-refractivity contribution in [2.75, 3.05) is 11.9 Å². The Morgan fingerprint density at radius 2 is 2.20 bits per heavy atom. The predicted octanol–water partition coefficient (Wildman–Crippen LogP) is 0.769. The van der Waals surface area contributed by atoms with Gasteiger partial charge in [-0.15, -0.1) is 0 Å². The molecule has 1 saturated heterocycles. The van der Waals surface area contributed by atoms with Gasteiger partial charge in [0.15, 0.2) is 0 Å². The average molecular weight is 203 g/mol. The van der Waals surface area contributed by atoms with Crippen molar-refractivity contribution < 1.29 is 9.59 Å². The Bertz CT molecular complexity index is 390. The molecule has 4 nitrogen and oxygen atoms in total. The highest BCUT2D eigenvalue weighted by Gasteiger charge is 2.24. The van der Waals surface area contributed by atoms with Crippen LogP contribution in [0.5, 0.6) is 0 Å². The predicted molar refractivity (Wildman–Crippen MR) is 56.1 cm³/mol. The first-order chi connectivity index (χ1) is 7.31. The molecule has 15 heavy (non-hydrogen) atoms. The Morgan fingerprint density at radius 3 is 2.87 bits per heavy atom. The molecule has 1 radical (unpaired) electrons. The van der Waals surface area contributed by atoms with E-state index in [1.54, 1.807) is 6.41 Å². The highest BCUT2D eigenvalue weighted by Crippen LogP contribution is 2.28. The maximum atomic E-state index is 11.1. The minimum atomic E-state index is 0.0601. The SMILES string of the molecule is O=[C]Nc1ccccc1C1CNC(=O)C1. The van der Waals surface area contributed by atoms with Crippen LogP contribution in [0.3, 0.4) is 0 Å². The average Bonchev–Trinajstić information content (AvgIpc) is 2.66. The summed E-state index contributed by atoms with van der Waals surface area (Å²) in [4.78, 5) is 21.4. The number of hydrogen-bond acceptors (Lipinski definition) is 2. The zero-order valence-electron chi connectivity index (χ0n) is 8.12. The molecule has 0 spiro atoms. The molecule has 1 heterocycles. The molecule has 1 aromatic carbocycles. The molecule has 1 fully saturated rings. The zero-order chi connectivity index (χ0) is 10.7. The van der Waals surface area contributed by atoms with Crippen LogP contribution in [-0.4, -0.2) is 18.9 Å². The van der Waals surface area contributed by atoms with Crippen molar-refractivity contribution in [3.63, 3.8) is 0 Å². The quantitative estimate of drug-likeness (QED) is 0.713. The Balaban J connectivity index is 2.26. The zero-order valence-corrected chi connectivity index (χ0v) is 8.12. The second-order valence-electron chi connectivity index (χ2n) is 3.52. The summed E-state index contributed by atoms with van der Waals surface area (Å²) in [5.41, 5.74) is 1.72. The summed E-state index contributed by atoms with van der Waals surface area (Å²) >= 11 is 0. The van der Waals surface area contributed by atoms with Crippen LogP contribution in [0.4, 0.5) is 5.69 Å². The Kier molecular flexibility index (Phi) is 2.67. The number of para-hydroxylation sites is 1. The van der Waals surface area contributed by atoms with E-state index in [4.69, 9.17) is 0 Å². The van der Waals surface area contributed by atoms with Crippen LogP contribution in [0, 0.1) is 0 Å². The van der Waals surface area contributed by atoms with E-state index in [2.05, 4.69) is 10.6 Å². The van der Waals surface area contributed by atoms with Gasteiger partial charge in [0.2, 0.25) is 5.91 Å². The number of carbonyl (C=O) groups is 1. The third kappa shape index (κ3) is 1.98. The molecular weight excluding hydrogens is 192 g/mol. The molecule has 0 aromatic heterocycles. The van der Waals surface area contributed by atoms with Crippen LogP contribution < -0.4 is 10.6 Å². The first-order valence-corrected chi connectivity index (χ1v) is 4.80. The van der Waals surface area contributed by atoms with Crippen molar-refractivity contribution in [1.82, 2.24) is 5.32 Å². The van der Waals surface area contributed by atoms with Crippen LogP contribution in [0.1, 0.15) is 17.9 Å². The number of anilines is 1. The molecule has 2 amide bonds. The maximum absolute atomic E-state index is 11.1. The fourth-order valence-corrected chi connectivity index (χ4v) is 1.85. The lowest BCUT2D eigenvalue weighted by Gasteiger charge is -2.12. The summed E-state index contributed by atoms with van der Waals surface area (Å²) in [6.07, 6.45) is 2.14. The fraction of sp³-hybridized carbons (Fsp3) is 0.273. The molecule has 1 aromatic rings. The van der Waals surface area contributed by atoms with Gasteiger partial charge in [-0.1, -0.05) is 18.2 Å². The fourth-order valence-electron chi connectivity index (χ4n) is 1.85. The molecule has 1 aliphatic rings. The summed E-state index contributed by atoms with van der Waals surface area (Å²) in [6, 6.07) is 7.47. The van der Waals surface area contributed by atoms with Crippen LogP contribution in [-0.2, 0) is 9.59 Å². The van der Waals surface area contributed by atoms with Crippen molar-refractivity contribution in [3.8, 4) is 0 Å². The standard InChI is InChI=1S/C11H11N2O2/c14-7-13-10-4-2-1-3-9(10)8-5-11(15)12-6-8/h1-4,8H,5-6H2,(H,12,15)(H,13,14). The number of carbonyl (C=O) groups excluding carboxylic acids is 2. The molecule has 0 aliphatic carbocycles. The smallest absolute Gasteiger partial charge is 0.314 e. The summed E-state index contributed by atoms with van der Waals surface area (Å²) in [5, 5.41) is 5.30. The van der Waals surface area contributed by atoms with Crippen LogP contribution in [0.15, 0.2) is 24.3 Å². The van der Waals surface area contributed by atoms with E-state index in [-0.39, 0.29) is 11.8 Å². The van der Waals surface area contributed by atoms with E-state index < -0.39 is 0 Å². The normalized spacial score (nSPS) is 19.7. The maximum Gasteiger partial charge on any atom is 0.314 e. The van der Waals surface area contributed by atoms with Gasteiger partial charge in [0.05, 0.1) is 0 Å². The highest BCUT2D eigenvalue weighted by atomic mass is 16.2. The minimum Gasteiger partial charge on any atom is -0.355 e.